The lowest BCUT2D eigenvalue weighted by atomic mass is 9.70. The van der Waals surface area contributed by atoms with Crippen LogP contribution < -0.4 is 9.80 Å². The van der Waals surface area contributed by atoms with Crippen LogP contribution in [-0.2, 0) is 10.8 Å². The summed E-state index contributed by atoms with van der Waals surface area (Å²) >= 11 is 0. The van der Waals surface area contributed by atoms with Crippen molar-refractivity contribution in [3.63, 3.8) is 0 Å². The van der Waals surface area contributed by atoms with Crippen LogP contribution in [0.1, 0.15) is 51.4 Å². The van der Waals surface area contributed by atoms with E-state index in [1.807, 2.05) is 0 Å². The molecule has 2 nitrogen and oxygen atoms in total. The largest absolute Gasteiger partial charge is 0.377 e. The number of hydrogen-bond acceptors (Lipinski definition) is 2. The van der Waals surface area contributed by atoms with Gasteiger partial charge in [0, 0.05) is 50.2 Å². The van der Waals surface area contributed by atoms with Gasteiger partial charge < -0.3 is 9.80 Å². The molecular weight excluding hydrogens is 1070 g/mol. The molecule has 0 heterocycles. The van der Waals surface area contributed by atoms with E-state index in [9.17, 15) is 0 Å². The molecule has 14 aromatic carbocycles. The van der Waals surface area contributed by atoms with E-state index in [0.29, 0.717) is 0 Å². The van der Waals surface area contributed by atoms with Crippen LogP contribution in [0, 0.1) is 0 Å². The van der Waals surface area contributed by atoms with E-state index in [1.165, 1.54) is 166 Å². The molecule has 0 unspecified atom stereocenters. The molecule has 0 aromatic heterocycles. The fourth-order valence-corrected chi connectivity index (χ4v) is 16.6. The maximum atomic E-state index is 2.36. The van der Waals surface area contributed by atoms with Gasteiger partial charge in [0.25, 0.3) is 0 Å². The van der Waals surface area contributed by atoms with E-state index >= 15 is 0 Å². The summed E-state index contributed by atoms with van der Waals surface area (Å²) in [6.45, 7) is 3.20. The van der Waals surface area contributed by atoms with Gasteiger partial charge in [0.05, 0.1) is 10.8 Å². The van der Waals surface area contributed by atoms with Crippen molar-refractivity contribution < 1.29 is 0 Å². The van der Waals surface area contributed by atoms with Crippen LogP contribution in [0.3, 0.4) is 0 Å². The van der Waals surface area contributed by atoms with Crippen molar-refractivity contribution in [2.24, 2.45) is 0 Å². The lowest BCUT2D eigenvalue weighted by molar-refractivity contribution is 0.793. The van der Waals surface area contributed by atoms with Crippen molar-refractivity contribution in [2.75, 3.05) is 37.5 Å². The number of nitrogens with zero attached hydrogens (tertiary/aromatic N) is 2. The molecule has 0 saturated carbocycles. The standard InChI is InChI=1S/C28H23N.C27H21N.2C16H10/c1-3-29(2)26-18-10-17-25-27(26)21-13-6-9-16-24(21)28(25)22-14-7-4-11-19(22)20-12-5-8-15-23(20)28;1-28(2)25-17-9-16-24-26(25)20-12-5-8-15-23(20)27(24)21-13-6-3-10-18(21)19-11-4-7-14-22(19)27;2*1-2-8-13-12(7-1)14-9-3-5-11-6-4-10-15(13)16(11)14/h4-18H,3H2,1-2H3;3-17H,1-2H3;2*1-10H. The minimum atomic E-state index is -0.232. The van der Waals surface area contributed by atoms with Crippen LogP contribution in [0.4, 0.5) is 11.4 Å². The zero-order chi connectivity index (χ0) is 59.5. The second-order valence-corrected chi connectivity index (χ2v) is 24.6. The first-order valence-corrected chi connectivity index (χ1v) is 31.4. The summed E-state index contributed by atoms with van der Waals surface area (Å²) in [4.78, 5) is 4.60. The topological polar surface area (TPSA) is 6.48 Å². The van der Waals surface area contributed by atoms with E-state index in [4.69, 9.17) is 0 Å². The molecule has 0 atom stereocenters. The molecule has 6 aliphatic rings. The highest BCUT2D eigenvalue weighted by Crippen LogP contribution is 2.66. The quantitative estimate of drug-likeness (QED) is 0.174. The van der Waals surface area contributed by atoms with Gasteiger partial charge in [-0.1, -0.05) is 291 Å². The van der Waals surface area contributed by atoms with Gasteiger partial charge in [0.2, 0.25) is 0 Å². The Morgan fingerprint density at radius 1 is 0.225 bits per heavy atom. The molecule has 0 fully saturated rings. The molecule has 20 rings (SSSR count). The molecule has 0 radical (unpaired) electrons. The van der Waals surface area contributed by atoms with Crippen molar-refractivity contribution in [1.82, 2.24) is 0 Å². The SMILES string of the molecule is CCN(C)c1cccc2c1-c1ccccc1C21c2ccccc2-c2ccccc21.CN(C)c1cccc2c1-c1ccccc1C21c2ccccc2-c2ccccc21.c1ccc2c(c1)-c1cccc3cccc-2c13.c1ccc2c(c1)-c1cccc3cccc-2c13. The van der Waals surface area contributed by atoms with E-state index in [0.717, 1.165) is 6.54 Å². The normalized spacial score (nSPS) is 13.4. The summed E-state index contributed by atoms with van der Waals surface area (Å²) < 4.78 is 0. The first-order chi connectivity index (χ1) is 43.9. The fourth-order valence-electron chi connectivity index (χ4n) is 16.6. The highest BCUT2D eigenvalue weighted by Gasteiger charge is 2.53. The molecule has 14 aromatic rings. The number of anilines is 2. The van der Waals surface area contributed by atoms with Gasteiger partial charge in [-0.15, -0.1) is 0 Å². The Labute approximate surface area is 521 Å². The predicted octanol–water partition coefficient (Wildman–Crippen LogP) is 21.6. The smallest absolute Gasteiger partial charge is 0.0726 e. The molecule has 2 heteroatoms. The first kappa shape index (κ1) is 52.5. The van der Waals surface area contributed by atoms with Crippen molar-refractivity contribution in [2.45, 2.75) is 17.8 Å². The van der Waals surface area contributed by atoms with Gasteiger partial charge in [-0.3, -0.25) is 0 Å². The monoisotopic (exact) mass is 1140 g/mol. The molecular formula is C87H64N2. The highest BCUT2D eigenvalue weighted by molar-refractivity contribution is 6.16. The molecule has 6 aliphatic carbocycles. The van der Waals surface area contributed by atoms with E-state index in [2.05, 4.69) is 341 Å². The Bertz CT molecular complexity index is 4880. The summed E-state index contributed by atoms with van der Waals surface area (Å²) in [7, 11) is 6.47. The molecule has 0 amide bonds. The van der Waals surface area contributed by atoms with Crippen LogP contribution in [0.2, 0.25) is 0 Å². The number of rotatable bonds is 3. The van der Waals surface area contributed by atoms with Gasteiger partial charge in [-0.2, -0.15) is 0 Å². The van der Waals surface area contributed by atoms with Crippen molar-refractivity contribution in [3.8, 4) is 89.0 Å². The van der Waals surface area contributed by atoms with Crippen molar-refractivity contribution >= 4 is 32.9 Å². The van der Waals surface area contributed by atoms with E-state index < -0.39 is 0 Å². The van der Waals surface area contributed by atoms with Gasteiger partial charge in [-0.25, -0.2) is 0 Å². The van der Waals surface area contributed by atoms with Gasteiger partial charge in [0.1, 0.15) is 0 Å². The zero-order valence-corrected chi connectivity index (χ0v) is 50.5. The molecule has 422 valence electrons. The van der Waals surface area contributed by atoms with Crippen LogP contribution >= 0.6 is 0 Å². The predicted molar refractivity (Wildman–Crippen MR) is 376 cm³/mol. The third-order valence-corrected chi connectivity index (χ3v) is 20.2. The third kappa shape index (κ3) is 7.38. The molecule has 0 N–H and O–H groups in total. The van der Waals surface area contributed by atoms with Gasteiger partial charge in [0.15, 0.2) is 0 Å². The van der Waals surface area contributed by atoms with Crippen LogP contribution in [0.25, 0.3) is 111 Å². The molecule has 2 spiro atoms. The summed E-state index contributed by atoms with van der Waals surface area (Å²) in [5.41, 5.74) is 35.3. The third-order valence-electron chi connectivity index (χ3n) is 20.2. The molecule has 89 heavy (non-hydrogen) atoms. The maximum Gasteiger partial charge on any atom is 0.0726 e. The van der Waals surface area contributed by atoms with Gasteiger partial charge in [-0.05, 0) is 163 Å². The molecule has 0 aliphatic heterocycles. The fraction of sp³-hybridized carbons (Fsp3) is 0.0805. The lowest BCUT2D eigenvalue weighted by Gasteiger charge is -2.31. The number of hydrogen-bond donors (Lipinski definition) is 0. The summed E-state index contributed by atoms with van der Waals surface area (Å²) in [5, 5.41) is 5.50. The van der Waals surface area contributed by atoms with Crippen LogP contribution in [0.5, 0.6) is 0 Å². The Morgan fingerprint density at radius 3 is 0.775 bits per heavy atom. The second kappa shape index (κ2) is 20.4. The Kier molecular flexibility index (Phi) is 12.0. The van der Waals surface area contributed by atoms with Crippen molar-refractivity contribution in [1.29, 1.82) is 0 Å². The summed E-state index contributed by atoms with van der Waals surface area (Å²) in [6.07, 6.45) is 0. The lowest BCUT2D eigenvalue weighted by Crippen LogP contribution is -2.26. The summed E-state index contributed by atoms with van der Waals surface area (Å²) in [6, 6.07) is 111. The van der Waals surface area contributed by atoms with Crippen LogP contribution in [0.15, 0.2) is 303 Å². The number of fused-ring (bicyclic) bond motifs is 26. The Morgan fingerprint density at radius 2 is 0.461 bits per heavy atom. The number of benzene rings is 14. The second-order valence-electron chi connectivity index (χ2n) is 24.6. The van der Waals surface area contributed by atoms with E-state index in [1.54, 1.807) is 0 Å². The maximum absolute atomic E-state index is 2.36. The Hall–Kier alpha value is -10.8. The van der Waals surface area contributed by atoms with Crippen LogP contribution in [-0.4, -0.2) is 27.7 Å². The molecule has 0 saturated heterocycles. The van der Waals surface area contributed by atoms with E-state index in [-0.39, 0.29) is 10.8 Å². The highest BCUT2D eigenvalue weighted by atomic mass is 15.1. The minimum Gasteiger partial charge on any atom is -0.377 e. The zero-order valence-electron chi connectivity index (χ0n) is 50.5. The molecule has 0 bridgehead atoms. The Balaban J connectivity index is 0.0000000950. The van der Waals surface area contributed by atoms with Gasteiger partial charge >= 0.3 is 0 Å². The first-order valence-electron chi connectivity index (χ1n) is 31.4. The summed E-state index contributed by atoms with van der Waals surface area (Å²) in [5.74, 6) is 0. The average Bonchev–Trinajstić information content (AvgIpc) is 1.52. The minimum absolute atomic E-state index is 0.231. The van der Waals surface area contributed by atoms with Crippen molar-refractivity contribution in [3.05, 3.63) is 348 Å². The average molecular weight is 1140 g/mol.